The highest BCUT2D eigenvalue weighted by Gasteiger charge is 2.60. The molecule has 0 saturated carbocycles. The molecule has 0 unspecified atom stereocenters. The molecule has 22 heavy (non-hydrogen) atoms. The number of ether oxygens (including phenoxy) is 2. The Morgan fingerprint density at radius 3 is 2.68 bits per heavy atom. The van der Waals surface area contributed by atoms with Crippen molar-refractivity contribution in [1.29, 1.82) is 0 Å². The van der Waals surface area contributed by atoms with E-state index in [0.717, 1.165) is 11.1 Å². The van der Waals surface area contributed by atoms with Crippen LogP contribution < -0.4 is 0 Å². The lowest BCUT2D eigenvalue weighted by atomic mass is 9.89. The summed E-state index contributed by atoms with van der Waals surface area (Å²) >= 11 is 0. The molecular formula is C17H21NO4. The molecule has 1 aromatic rings. The normalized spacial score (nSPS) is 27.0. The smallest absolute Gasteiger partial charge is 0.411 e. The third-order valence-electron chi connectivity index (χ3n) is 4.16. The number of esters is 1. The molecule has 0 aromatic heterocycles. The molecule has 2 aliphatic rings. The van der Waals surface area contributed by atoms with Crippen LogP contribution in [0.25, 0.3) is 0 Å². The monoisotopic (exact) mass is 303 g/mol. The van der Waals surface area contributed by atoms with E-state index in [-0.39, 0.29) is 5.97 Å². The van der Waals surface area contributed by atoms with Crippen LogP contribution in [-0.4, -0.2) is 35.2 Å². The largest absolute Gasteiger partial charge is 0.451 e. The van der Waals surface area contributed by atoms with Crippen molar-refractivity contribution in [2.45, 2.75) is 51.4 Å². The summed E-state index contributed by atoms with van der Waals surface area (Å²) in [7, 11) is 0. The van der Waals surface area contributed by atoms with Gasteiger partial charge in [0.1, 0.15) is 11.6 Å². The van der Waals surface area contributed by atoms with Gasteiger partial charge in [-0.15, -0.1) is 0 Å². The zero-order chi connectivity index (χ0) is 16.1. The van der Waals surface area contributed by atoms with Gasteiger partial charge in [-0.2, -0.15) is 0 Å². The fourth-order valence-electron chi connectivity index (χ4n) is 3.26. The highest BCUT2D eigenvalue weighted by molar-refractivity contribution is 5.86. The van der Waals surface area contributed by atoms with Crippen molar-refractivity contribution in [3.63, 3.8) is 0 Å². The molecule has 5 nitrogen and oxygen atoms in total. The van der Waals surface area contributed by atoms with Crippen molar-refractivity contribution < 1.29 is 19.1 Å². The first kappa shape index (κ1) is 14.9. The molecule has 3 rings (SSSR count). The van der Waals surface area contributed by atoms with Crippen molar-refractivity contribution >= 4 is 12.1 Å². The molecule has 118 valence electrons. The Bertz CT molecular complexity index is 634. The number of carbonyl (C=O) groups excluding carboxylic acids is 2. The molecule has 5 heteroatoms. The quantitative estimate of drug-likeness (QED) is 0.749. The van der Waals surface area contributed by atoms with Crippen LogP contribution in [0.15, 0.2) is 24.3 Å². The fraction of sp³-hybridized carbons (Fsp3) is 0.529. The van der Waals surface area contributed by atoms with Gasteiger partial charge in [0.2, 0.25) is 0 Å². The Kier molecular flexibility index (Phi) is 3.20. The van der Waals surface area contributed by atoms with Crippen molar-refractivity contribution in [1.82, 2.24) is 4.90 Å². The summed E-state index contributed by atoms with van der Waals surface area (Å²) < 4.78 is 11.0. The summed E-state index contributed by atoms with van der Waals surface area (Å²) in [4.78, 5) is 26.0. The molecule has 2 saturated heterocycles. The lowest BCUT2D eigenvalue weighted by molar-refractivity contribution is -0.160. The number of hydrogen-bond donors (Lipinski definition) is 0. The van der Waals surface area contributed by atoms with Gasteiger partial charge in [-0.3, -0.25) is 4.90 Å². The Morgan fingerprint density at radius 1 is 1.36 bits per heavy atom. The predicted octanol–water partition coefficient (Wildman–Crippen LogP) is 2.76. The lowest BCUT2D eigenvalue weighted by Crippen LogP contribution is -2.48. The number of benzene rings is 1. The molecule has 2 aliphatic heterocycles. The van der Waals surface area contributed by atoms with E-state index in [0.29, 0.717) is 13.0 Å². The minimum atomic E-state index is -0.732. The van der Waals surface area contributed by atoms with Gasteiger partial charge >= 0.3 is 12.1 Å². The van der Waals surface area contributed by atoms with Gasteiger partial charge in [-0.25, -0.2) is 9.59 Å². The van der Waals surface area contributed by atoms with Crippen LogP contribution in [0, 0.1) is 6.92 Å². The van der Waals surface area contributed by atoms with E-state index >= 15 is 0 Å². The van der Waals surface area contributed by atoms with E-state index < -0.39 is 23.3 Å². The van der Waals surface area contributed by atoms with E-state index in [1.807, 2.05) is 52.0 Å². The lowest BCUT2D eigenvalue weighted by Gasteiger charge is -2.34. The minimum absolute atomic E-state index is 0.347. The molecule has 0 spiro atoms. The summed E-state index contributed by atoms with van der Waals surface area (Å²) in [6, 6.07) is 7.28. The highest BCUT2D eigenvalue weighted by Crippen LogP contribution is 2.47. The maximum absolute atomic E-state index is 12.4. The standard InChI is InChI=1S/C17H21NO4/c1-11-7-5-6-8-12(11)17-9-13(14(19)21-17)18(10-17)15(20)22-16(2,3)4/h5-8,13H,9-10H2,1-4H3/t13-,17-/m1/s1. The van der Waals surface area contributed by atoms with E-state index in [1.165, 1.54) is 4.90 Å². The summed E-state index contributed by atoms with van der Waals surface area (Å²) in [5.41, 5.74) is 0.710. The van der Waals surface area contributed by atoms with E-state index in [9.17, 15) is 9.59 Å². The number of morpholine rings is 1. The van der Waals surface area contributed by atoms with Crippen molar-refractivity contribution in [2.24, 2.45) is 0 Å². The maximum atomic E-state index is 12.4. The Labute approximate surface area is 130 Å². The number of amides is 1. The number of carbonyl (C=O) groups is 2. The molecule has 1 aromatic carbocycles. The third-order valence-corrected chi connectivity index (χ3v) is 4.16. The van der Waals surface area contributed by atoms with Crippen molar-refractivity contribution in [3.8, 4) is 0 Å². The molecule has 1 amide bonds. The summed E-state index contributed by atoms with van der Waals surface area (Å²) in [5.74, 6) is -0.347. The molecule has 0 aliphatic carbocycles. The van der Waals surface area contributed by atoms with Crippen LogP contribution in [0.4, 0.5) is 4.79 Å². The zero-order valence-electron chi connectivity index (χ0n) is 13.4. The van der Waals surface area contributed by atoms with Gasteiger partial charge in [-0.05, 0) is 33.3 Å². The third kappa shape index (κ3) is 2.34. The second-order valence-corrected chi connectivity index (χ2v) is 7.06. The second kappa shape index (κ2) is 4.73. The first-order valence-corrected chi connectivity index (χ1v) is 7.50. The average molecular weight is 303 g/mol. The number of aryl methyl sites for hydroxylation is 1. The molecule has 0 radical (unpaired) electrons. The van der Waals surface area contributed by atoms with E-state index in [4.69, 9.17) is 9.47 Å². The van der Waals surface area contributed by atoms with Gasteiger partial charge < -0.3 is 9.47 Å². The van der Waals surface area contributed by atoms with Gasteiger partial charge in [0.15, 0.2) is 5.60 Å². The molecule has 2 fully saturated rings. The molecule has 2 atom stereocenters. The highest BCUT2D eigenvalue weighted by atomic mass is 16.6. The molecule has 2 heterocycles. The average Bonchev–Trinajstić information content (AvgIpc) is 2.92. The second-order valence-electron chi connectivity index (χ2n) is 7.06. The molecule has 0 N–H and O–H groups in total. The summed E-state index contributed by atoms with van der Waals surface area (Å²) in [6.07, 6.45) is 0.0419. The number of nitrogens with zero attached hydrogens (tertiary/aromatic N) is 1. The Morgan fingerprint density at radius 2 is 2.05 bits per heavy atom. The Hall–Kier alpha value is -2.04. The Balaban J connectivity index is 1.90. The predicted molar refractivity (Wildman–Crippen MR) is 80.3 cm³/mol. The first-order valence-electron chi connectivity index (χ1n) is 7.50. The van der Waals surface area contributed by atoms with Crippen LogP contribution in [0.1, 0.15) is 38.3 Å². The van der Waals surface area contributed by atoms with E-state index in [1.54, 1.807) is 0 Å². The van der Waals surface area contributed by atoms with Crippen LogP contribution in [0.2, 0.25) is 0 Å². The van der Waals surface area contributed by atoms with Crippen LogP contribution >= 0.6 is 0 Å². The van der Waals surface area contributed by atoms with Gasteiger partial charge in [-0.1, -0.05) is 24.3 Å². The first-order chi connectivity index (χ1) is 10.2. The topological polar surface area (TPSA) is 55.8 Å². The molecular weight excluding hydrogens is 282 g/mol. The van der Waals surface area contributed by atoms with E-state index in [2.05, 4.69) is 0 Å². The van der Waals surface area contributed by atoms with Gasteiger partial charge in [0.05, 0.1) is 6.54 Å². The molecule has 2 bridgehead atoms. The van der Waals surface area contributed by atoms with Crippen LogP contribution in [0.5, 0.6) is 0 Å². The minimum Gasteiger partial charge on any atom is -0.451 e. The number of rotatable bonds is 1. The summed E-state index contributed by atoms with van der Waals surface area (Å²) in [6.45, 7) is 7.78. The van der Waals surface area contributed by atoms with Gasteiger partial charge in [0, 0.05) is 12.0 Å². The fourth-order valence-corrected chi connectivity index (χ4v) is 3.26. The number of likely N-dealkylation sites (tertiary alicyclic amines) is 1. The number of fused-ring (bicyclic) bond motifs is 2. The maximum Gasteiger partial charge on any atom is 0.411 e. The van der Waals surface area contributed by atoms with Gasteiger partial charge in [0.25, 0.3) is 0 Å². The van der Waals surface area contributed by atoms with Crippen molar-refractivity contribution in [2.75, 3.05) is 6.54 Å². The van der Waals surface area contributed by atoms with Crippen LogP contribution in [0.3, 0.4) is 0 Å². The zero-order valence-corrected chi connectivity index (χ0v) is 13.4. The summed E-state index contributed by atoms with van der Waals surface area (Å²) in [5, 5.41) is 0. The van der Waals surface area contributed by atoms with Crippen molar-refractivity contribution in [3.05, 3.63) is 35.4 Å². The number of hydrogen-bond acceptors (Lipinski definition) is 4. The SMILES string of the molecule is Cc1ccccc1[C@]12C[C@H](C(=O)O1)N(C(=O)OC(C)(C)C)C2. The van der Waals surface area contributed by atoms with Crippen LogP contribution in [-0.2, 0) is 19.9 Å².